The first-order valence-electron chi connectivity index (χ1n) is 4.71. The van der Waals surface area contributed by atoms with E-state index in [9.17, 15) is 4.39 Å². The van der Waals surface area contributed by atoms with Crippen LogP contribution in [0.2, 0.25) is 0 Å². The summed E-state index contributed by atoms with van der Waals surface area (Å²) in [6, 6.07) is 1.75. The average Bonchev–Trinajstić information content (AvgIpc) is 2.47. The number of nitrogens with one attached hydrogen (secondary N) is 1. The second kappa shape index (κ2) is 5.86. The molecule has 0 aliphatic heterocycles. The molecule has 0 saturated heterocycles. The maximum Gasteiger partial charge on any atom is 0.146 e. The van der Waals surface area contributed by atoms with Gasteiger partial charge in [0, 0.05) is 17.0 Å². The SMILES string of the molecule is C/C(Cl)=C(/F)c1cc(C)[nH]c1C.CC. The minimum absolute atomic E-state index is 0.192. The Morgan fingerprint density at radius 2 is 1.86 bits per heavy atom. The van der Waals surface area contributed by atoms with Gasteiger partial charge < -0.3 is 4.98 Å². The smallest absolute Gasteiger partial charge is 0.146 e. The Morgan fingerprint density at radius 1 is 1.36 bits per heavy atom. The van der Waals surface area contributed by atoms with Gasteiger partial charge in [-0.3, -0.25) is 0 Å². The first-order valence-corrected chi connectivity index (χ1v) is 5.08. The number of halogens is 2. The van der Waals surface area contributed by atoms with Crippen molar-refractivity contribution in [2.75, 3.05) is 0 Å². The summed E-state index contributed by atoms with van der Waals surface area (Å²) in [5, 5.41) is 0.192. The Labute approximate surface area is 90.0 Å². The van der Waals surface area contributed by atoms with Crippen molar-refractivity contribution in [1.82, 2.24) is 4.98 Å². The number of aromatic nitrogens is 1. The van der Waals surface area contributed by atoms with Crippen molar-refractivity contribution in [1.29, 1.82) is 0 Å². The van der Waals surface area contributed by atoms with Crippen LogP contribution >= 0.6 is 11.6 Å². The normalized spacial score (nSPS) is 11.6. The zero-order valence-corrected chi connectivity index (χ0v) is 10.1. The van der Waals surface area contributed by atoms with E-state index >= 15 is 0 Å². The topological polar surface area (TPSA) is 15.8 Å². The van der Waals surface area contributed by atoms with Crippen LogP contribution in [0.5, 0.6) is 0 Å². The number of aromatic amines is 1. The lowest BCUT2D eigenvalue weighted by molar-refractivity contribution is 0.754. The molecule has 0 aliphatic carbocycles. The van der Waals surface area contributed by atoms with Crippen molar-refractivity contribution in [3.05, 3.63) is 28.0 Å². The molecule has 3 heteroatoms. The lowest BCUT2D eigenvalue weighted by atomic mass is 10.2. The summed E-state index contributed by atoms with van der Waals surface area (Å²) < 4.78 is 13.3. The van der Waals surface area contributed by atoms with Gasteiger partial charge in [-0.05, 0) is 26.8 Å². The van der Waals surface area contributed by atoms with Crippen molar-refractivity contribution in [2.45, 2.75) is 34.6 Å². The van der Waals surface area contributed by atoms with Gasteiger partial charge in [-0.2, -0.15) is 0 Å². The predicted octanol–water partition coefficient (Wildman–Crippen LogP) is 4.55. The molecule has 0 aliphatic rings. The van der Waals surface area contributed by atoms with Gasteiger partial charge in [0.2, 0.25) is 0 Å². The lowest BCUT2D eigenvalue weighted by Crippen LogP contribution is -1.80. The summed E-state index contributed by atoms with van der Waals surface area (Å²) in [6.45, 7) is 9.24. The molecule has 14 heavy (non-hydrogen) atoms. The molecular formula is C11H17ClFN. The fourth-order valence-electron chi connectivity index (χ4n) is 1.14. The summed E-state index contributed by atoms with van der Waals surface area (Å²) in [5.41, 5.74) is 2.31. The Bertz CT molecular complexity index is 322. The molecule has 0 saturated carbocycles. The Morgan fingerprint density at radius 3 is 2.14 bits per heavy atom. The van der Waals surface area contributed by atoms with Crippen molar-refractivity contribution in [3.8, 4) is 0 Å². The van der Waals surface area contributed by atoms with E-state index in [1.807, 2.05) is 27.7 Å². The van der Waals surface area contributed by atoms with Crippen LogP contribution in [0.1, 0.15) is 37.7 Å². The van der Waals surface area contributed by atoms with Crippen LogP contribution in [0.4, 0.5) is 4.39 Å². The monoisotopic (exact) mass is 217 g/mol. The molecule has 1 rings (SSSR count). The first-order chi connectivity index (χ1) is 6.52. The Balaban J connectivity index is 0.000000791. The van der Waals surface area contributed by atoms with Crippen LogP contribution in [0.3, 0.4) is 0 Å². The Hall–Kier alpha value is -0.760. The van der Waals surface area contributed by atoms with Gasteiger partial charge >= 0.3 is 0 Å². The molecule has 1 aromatic heterocycles. The van der Waals surface area contributed by atoms with E-state index in [0.29, 0.717) is 5.56 Å². The quantitative estimate of drug-likeness (QED) is 0.710. The predicted molar refractivity (Wildman–Crippen MR) is 61.2 cm³/mol. The van der Waals surface area contributed by atoms with Crippen LogP contribution in [-0.4, -0.2) is 4.98 Å². The number of hydrogen-bond donors (Lipinski definition) is 1. The summed E-state index contributed by atoms with van der Waals surface area (Å²) in [6.07, 6.45) is 0. The van der Waals surface area contributed by atoms with Crippen molar-refractivity contribution >= 4 is 17.4 Å². The maximum atomic E-state index is 13.3. The lowest BCUT2D eigenvalue weighted by Gasteiger charge is -1.95. The minimum atomic E-state index is -0.349. The highest BCUT2D eigenvalue weighted by atomic mass is 35.5. The number of aryl methyl sites for hydroxylation is 2. The molecule has 1 nitrogen and oxygen atoms in total. The summed E-state index contributed by atoms with van der Waals surface area (Å²) in [4.78, 5) is 3.01. The molecule has 0 amide bonds. The third kappa shape index (κ3) is 3.18. The maximum absolute atomic E-state index is 13.3. The molecule has 0 spiro atoms. The number of H-pyrrole nitrogens is 1. The number of allylic oxidation sites excluding steroid dienone is 1. The van der Waals surface area contributed by atoms with Crippen molar-refractivity contribution < 1.29 is 4.39 Å². The molecule has 0 fully saturated rings. The van der Waals surface area contributed by atoms with Gasteiger partial charge in [-0.15, -0.1) is 0 Å². The van der Waals surface area contributed by atoms with Crippen LogP contribution in [0.25, 0.3) is 5.83 Å². The molecule has 1 aromatic rings. The van der Waals surface area contributed by atoms with Crippen LogP contribution in [0, 0.1) is 13.8 Å². The minimum Gasteiger partial charge on any atom is -0.362 e. The van der Waals surface area contributed by atoms with Gasteiger partial charge in [0.15, 0.2) is 0 Å². The molecule has 1 N–H and O–H groups in total. The van der Waals surface area contributed by atoms with Crippen LogP contribution in [0.15, 0.2) is 11.1 Å². The van der Waals surface area contributed by atoms with Gasteiger partial charge in [-0.1, -0.05) is 25.4 Å². The molecule has 0 unspecified atom stereocenters. The van der Waals surface area contributed by atoms with E-state index in [2.05, 4.69) is 4.98 Å². The van der Waals surface area contributed by atoms with E-state index < -0.39 is 0 Å². The molecule has 0 radical (unpaired) electrons. The molecule has 1 heterocycles. The average molecular weight is 218 g/mol. The van der Waals surface area contributed by atoms with Gasteiger partial charge in [0.05, 0.1) is 5.03 Å². The highest BCUT2D eigenvalue weighted by molar-refractivity contribution is 6.31. The third-order valence-corrected chi connectivity index (χ3v) is 1.85. The van der Waals surface area contributed by atoms with E-state index in [-0.39, 0.29) is 10.9 Å². The molecule has 0 bridgehead atoms. The number of hydrogen-bond acceptors (Lipinski definition) is 0. The summed E-state index contributed by atoms with van der Waals surface area (Å²) >= 11 is 5.53. The van der Waals surface area contributed by atoms with Crippen molar-refractivity contribution in [2.24, 2.45) is 0 Å². The summed E-state index contributed by atoms with van der Waals surface area (Å²) in [5.74, 6) is -0.349. The van der Waals surface area contributed by atoms with Crippen LogP contribution < -0.4 is 0 Å². The van der Waals surface area contributed by atoms with E-state index in [1.165, 1.54) is 0 Å². The largest absolute Gasteiger partial charge is 0.362 e. The van der Waals surface area contributed by atoms with Gasteiger partial charge in [0.25, 0.3) is 0 Å². The fraction of sp³-hybridized carbons (Fsp3) is 0.455. The zero-order chi connectivity index (χ0) is 11.3. The second-order valence-corrected chi connectivity index (χ2v) is 3.41. The fourth-order valence-corrected chi connectivity index (χ4v) is 1.24. The summed E-state index contributed by atoms with van der Waals surface area (Å²) in [7, 11) is 0. The van der Waals surface area contributed by atoms with E-state index in [0.717, 1.165) is 11.4 Å². The standard InChI is InChI=1S/C9H11ClFN.C2H6/c1-5-4-8(7(3)12-5)9(11)6(2)10;1-2/h4,12H,1-3H3;1-2H3/b9-6-;. The first kappa shape index (κ1) is 13.2. The highest BCUT2D eigenvalue weighted by Crippen LogP contribution is 2.25. The van der Waals surface area contributed by atoms with E-state index in [4.69, 9.17) is 11.6 Å². The Kier molecular flexibility index (Phi) is 5.55. The second-order valence-electron chi connectivity index (χ2n) is 2.84. The third-order valence-electron chi connectivity index (χ3n) is 1.69. The van der Waals surface area contributed by atoms with Gasteiger partial charge in [0.1, 0.15) is 5.83 Å². The van der Waals surface area contributed by atoms with Crippen LogP contribution in [-0.2, 0) is 0 Å². The van der Waals surface area contributed by atoms with E-state index in [1.54, 1.807) is 13.0 Å². The highest BCUT2D eigenvalue weighted by Gasteiger charge is 2.08. The van der Waals surface area contributed by atoms with Crippen molar-refractivity contribution in [3.63, 3.8) is 0 Å². The van der Waals surface area contributed by atoms with Gasteiger partial charge in [-0.25, -0.2) is 4.39 Å². The molecule has 0 aromatic carbocycles. The zero-order valence-electron chi connectivity index (χ0n) is 9.33. The molecule has 80 valence electrons. The molecule has 0 atom stereocenters. The molecular weight excluding hydrogens is 201 g/mol. The number of rotatable bonds is 1.